The Morgan fingerprint density at radius 1 is 1.44 bits per heavy atom. The molecule has 0 saturated heterocycles. The Morgan fingerprint density at radius 3 is 3.00 bits per heavy atom. The average Bonchev–Trinajstić information content (AvgIpc) is 2.34. The summed E-state index contributed by atoms with van der Waals surface area (Å²) in [5.74, 6) is 0.0259. The van der Waals surface area contributed by atoms with Crippen molar-refractivity contribution in [3.05, 3.63) is 40.8 Å². The third-order valence-corrected chi connectivity index (χ3v) is 3.52. The Kier molecular flexibility index (Phi) is 4.54. The van der Waals surface area contributed by atoms with E-state index in [1.54, 1.807) is 0 Å². The molecule has 0 spiro atoms. The summed E-state index contributed by atoms with van der Waals surface area (Å²) in [4.78, 5) is 8.93. The Labute approximate surface area is 117 Å². The number of rotatable bonds is 4. The lowest BCUT2D eigenvalue weighted by molar-refractivity contribution is 0.580. The van der Waals surface area contributed by atoms with Gasteiger partial charge in [0, 0.05) is 15.9 Å². The topological polar surface area (TPSA) is 37.8 Å². The van der Waals surface area contributed by atoms with Crippen molar-refractivity contribution in [2.45, 2.75) is 16.8 Å². The second kappa shape index (κ2) is 6.15. The molecule has 0 unspecified atom stereocenters. The van der Waals surface area contributed by atoms with Crippen LogP contribution in [0.5, 0.6) is 0 Å². The van der Waals surface area contributed by atoms with Crippen molar-refractivity contribution in [1.29, 1.82) is 0 Å². The van der Waals surface area contributed by atoms with Crippen molar-refractivity contribution in [3.8, 4) is 0 Å². The molecule has 0 radical (unpaired) electrons. The predicted octanol–water partition coefficient (Wildman–Crippen LogP) is 3.96. The Hall–Kier alpha value is -1.14. The van der Waals surface area contributed by atoms with E-state index in [9.17, 15) is 4.39 Å². The van der Waals surface area contributed by atoms with Crippen LogP contribution in [0.4, 0.5) is 10.3 Å². The summed E-state index contributed by atoms with van der Waals surface area (Å²) >= 11 is 4.65. The zero-order valence-corrected chi connectivity index (χ0v) is 12.1. The van der Waals surface area contributed by atoms with Crippen molar-refractivity contribution >= 4 is 33.6 Å². The summed E-state index contributed by atoms with van der Waals surface area (Å²) in [6, 6.07) is 7.64. The van der Waals surface area contributed by atoms with E-state index in [2.05, 4.69) is 31.2 Å². The SMILES string of the molecule is CCNc1ncc(F)c(Sc2cccc(Br)c2)n1. The molecule has 94 valence electrons. The first kappa shape index (κ1) is 13.3. The van der Waals surface area contributed by atoms with Crippen molar-refractivity contribution in [2.24, 2.45) is 0 Å². The number of nitrogens with one attached hydrogen (secondary N) is 1. The minimum Gasteiger partial charge on any atom is -0.354 e. The highest BCUT2D eigenvalue weighted by molar-refractivity contribution is 9.10. The fourth-order valence-corrected chi connectivity index (χ4v) is 2.70. The quantitative estimate of drug-likeness (QED) is 0.862. The van der Waals surface area contributed by atoms with Crippen molar-refractivity contribution in [1.82, 2.24) is 9.97 Å². The summed E-state index contributed by atoms with van der Waals surface area (Å²) in [6.45, 7) is 2.64. The summed E-state index contributed by atoms with van der Waals surface area (Å²) in [7, 11) is 0. The van der Waals surface area contributed by atoms with Gasteiger partial charge < -0.3 is 5.32 Å². The van der Waals surface area contributed by atoms with Crippen molar-refractivity contribution < 1.29 is 4.39 Å². The lowest BCUT2D eigenvalue weighted by atomic mass is 10.4. The number of nitrogens with zero attached hydrogens (tertiary/aromatic N) is 2. The normalized spacial score (nSPS) is 10.4. The number of hydrogen-bond donors (Lipinski definition) is 1. The minimum atomic E-state index is -0.415. The van der Waals surface area contributed by atoms with Crippen LogP contribution in [-0.2, 0) is 0 Å². The van der Waals surface area contributed by atoms with Crippen molar-refractivity contribution in [2.75, 3.05) is 11.9 Å². The Morgan fingerprint density at radius 2 is 2.28 bits per heavy atom. The zero-order valence-electron chi connectivity index (χ0n) is 9.65. The maximum atomic E-state index is 13.6. The van der Waals surface area contributed by atoms with E-state index in [1.165, 1.54) is 18.0 Å². The monoisotopic (exact) mass is 327 g/mol. The van der Waals surface area contributed by atoms with Crippen LogP contribution >= 0.6 is 27.7 Å². The smallest absolute Gasteiger partial charge is 0.223 e. The van der Waals surface area contributed by atoms with E-state index in [-0.39, 0.29) is 0 Å². The van der Waals surface area contributed by atoms with E-state index in [4.69, 9.17) is 0 Å². The number of hydrogen-bond acceptors (Lipinski definition) is 4. The molecule has 0 atom stereocenters. The average molecular weight is 328 g/mol. The van der Waals surface area contributed by atoms with Gasteiger partial charge in [0.15, 0.2) is 5.82 Å². The van der Waals surface area contributed by atoms with Gasteiger partial charge in [-0.3, -0.25) is 0 Å². The number of halogens is 2. The maximum absolute atomic E-state index is 13.6. The molecule has 0 aliphatic heterocycles. The molecule has 0 amide bonds. The van der Waals surface area contributed by atoms with Gasteiger partial charge in [0.05, 0.1) is 6.20 Å². The highest BCUT2D eigenvalue weighted by Crippen LogP contribution is 2.30. The fraction of sp³-hybridized carbons (Fsp3) is 0.167. The molecule has 2 rings (SSSR count). The van der Waals surface area contributed by atoms with Crippen LogP contribution in [0, 0.1) is 5.82 Å². The summed E-state index contributed by atoms with van der Waals surface area (Å²) in [5.41, 5.74) is 0. The molecule has 1 heterocycles. The van der Waals surface area contributed by atoms with E-state index < -0.39 is 5.82 Å². The van der Waals surface area contributed by atoms with Crippen LogP contribution in [0.1, 0.15) is 6.92 Å². The molecule has 2 aromatic rings. The number of aromatic nitrogens is 2. The largest absolute Gasteiger partial charge is 0.354 e. The van der Waals surface area contributed by atoms with Crippen LogP contribution < -0.4 is 5.32 Å². The molecule has 0 bridgehead atoms. The maximum Gasteiger partial charge on any atom is 0.223 e. The molecule has 3 nitrogen and oxygen atoms in total. The van der Waals surface area contributed by atoms with Gasteiger partial charge in [0.1, 0.15) is 5.03 Å². The van der Waals surface area contributed by atoms with Gasteiger partial charge in [0.2, 0.25) is 5.95 Å². The zero-order chi connectivity index (χ0) is 13.0. The third-order valence-electron chi connectivity index (χ3n) is 2.06. The lowest BCUT2D eigenvalue weighted by Crippen LogP contribution is -2.03. The van der Waals surface area contributed by atoms with Gasteiger partial charge in [-0.15, -0.1) is 0 Å². The molecule has 0 saturated carbocycles. The first-order valence-electron chi connectivity index (χ1n) is 5.39. The van der Waals surface area contributed by atoms with Crippen LogP contribution in [0.15, 0.2) is 44.9 Å². The molecule has 1 aromatic carbocycles. The fourth-order valence-electron chi connectivity index (χ4n) is 1.31. The van der Waals surface area contributed by atoms with Gasteiger partial charge >= 0.3 is 0 Å². The van der Waals surface area contributed by atoms with Crippen LogP contribution in [0.2, 0.25) is 0 Å². The van der Waals surface area contributed by atoms with Crippen LogP contribution in [0.25, 0.3) is 0 Å². The summed E-state index contributed by atoms with van der Waals surface area (Å²) in [6.07, 6.45) is 1.19. The second-order valence-electron chi connectivity index (χ2n) is 3.44. The Bertz CT molecular complexity index is 551. The molecule has 6 heteroatoms. The van der Waals surface area contributed by atoms with E-state index in [0.717, 1.165) is 9.37 Å². The highest BCUT2D eigenvalue weighted by atomic mass is 79.9. The van der Waals surface area contributed by atoms with E-state index in [1.807, 2.05) is 31.2 Å². The minimum absolute atomic E-state index is 0.319. The second-order valence-corrected chi connectivity index (χ2v) is 5.41. The molecule has 0 aliphatic rings. The van der Waals surface area contributed by atoms with E-state index >= 15 is 0 Å². The van der Waals surface area contributed by atoms with Crippen molar-refractivity contribution in [3.63, 3.8) is 0 Å². The Balaban J connectivity index is 2.25. The third kappa shape index (κ3) is 3.43. The van der Waals surface area contributed by atoms with Gasteiger partial charge in [-0.2, -0.15) is 0 Å². The van der Waals surface area contributed by atoms with Crippen LogP contribution in [0.3, 0.4) is 0 Å². The summed E-state index contributed by atoms with van der Waals surface area (Å²) < 4.78 is 14.6. The van der Waals surface area contributed by atoms with Crippen LogP contribution in [-0.4, -0.2) is 16.5 Å². The molecular weight excluding hydrogens is 317 g/mol. The predicted molar refractivity (Wildman–Crippen MR) is 74.4 cm³/mol. The van der Waals surface area contributed by atoms with Gasteiger partial charge in [0.25, 0.3) is 0 Å². The number of benzene rings is 1. The molecule has 1 aromatic heterocycles. The summed E-state index contributed by atoms with van der Waals surface area (Å²) in [5, 5.41) is 3.28. The molecule has 18 heavy (non-hydrogen) atoms. The first-order chi connectivity index (χ1) is 8.69. The highest BCUT2D eigenvalue weighted by Gasteiger charge is 2.08. The number of anilines is 1. The molecule has 0 aliphatic carbocycles. The standard InChI is InChI=1S/C12H11BrFN3S/c1-2-15-12-16-7-10(14)11(17-12)18-9-5-3-4-8(13)6-9/h3-7H,2H2,1H3,(H,15,16,17). The molecular formula is C12H11BrFN3S. The van der Waals surface area contributed by atoms with Gasteiger partial charge in [-0.1, -0.05) is 33.8 Å². The van der Waals surface area contributed by atoms with E-state index in [0.29, 0.717) is 17.5 Å². The molecule has 1 N–H and O–H groups in total. The molecule has 0 fully saturated rings. The van der Waals surface area contributed by atoms with Gasteiger partial charge in [-0.05, 0) is 25.1 Å². The van der Waals surface area contributed by atoms with Gasteiger partial charge in [-0.25, -0.2) is 14.4 Å². The first-order valence-corrected chi connectivity index (χ1v) is 7.00. The lowest BCUT2D eigenvalue weighted by Gasteiger charge is -2.05.